The smallest absolute Gasteiger partial charge is 0.404 e. The van der Waals surface area contributed by atoms with Crippen LogP contribution >= 0.6 is 0 Å². The van der Waals surface area contributed by atoms with Crippen LogP contribution in [0.2, 0.25) is 0 Å². The summed E-state index contributed by atoms with van der Waals surface area (Å²) in [6, 6.07) is 10.1. The molecule has 0 aliphatic rings. The van der Waals surface area contributed by atoms with E-state index in [0.29, 0.717) is 22.3 Å². The maximum absolute atomic E-state index is 13.1. The normalized spacial score (nSPS) is 12.2. The molecule has 0 fully saturated rings. The third-order valence-electron chi connectivity index (χ3n) is 4.50. The van der Waals surface area contributed by atoms with Crippen molar-refractivity contribution in [3.63, 3.8) is 0 Å². The second-order valence-electron chi connectivity index (χ2n) is 6.30. The Balaban J connectivity index is 1.87. The van der Waals surface area contributed by atoms with Crippen LogP contribution in [0.1, 0.15) is 27.3 Å². The fourth-order valence-electron chi connectivity index (χ4n) is 3.00. The van der Waals surface area contributed by atoms with Gasteiger partial charge in [0.1, 0.15) is 11.3 Å². The number of pyridine rings is 1. The van der Waals surface area contributed by atoms with Crippen LogP contribution in [0.4, 0.5) is 13.2 Å². The number of amides is 1. The Morgan fingerprint density at radius 2 is 2.00 bits per heavy atom. The minimum atomic E-state index is -4.50. The Morgan fingerprint density at radius 1 is 1.28 bits per heavy atom. The Bertz CT molecular complexity index is 1110. The number of nitrogens with two attached hydrogens (primary N) is 1. The summed E-state index contributed by atoms with van der Waals surface area (Å²) in [6.45, 7) is -0.261. The number of halogens is 3. The summed E-state index contributed by atoms with van der Waals surface area (Å²) >= 11 is 0. The van der Waals surface area contributed by atoms with Gasteiger partial charge in [0.05, 0.1) is 11.3 Å². The number of fused-ring (bicyclic) bond motifs is 1. The molecule has 3 aromatic rings. The van der Waals surface area contributed by atoms with Gasteiger partial charge in [-0.2, -0.15) is 13.2 Å². The number of nitrogens with one attached hydrogen (secondary N) is 2. The summed E-state index contributed by atoms with van der Waals surface area (Å²) in [5.41, 5.74) is 6.32. The van der Waals surface area contributed by atoms with E-state index in [1.807, 2.05) is 0 Å². The summed E-state index contributed by atoms with van der Waals surface area (Å²) in [7, 11) is 1.63. The number of benzene rings is 1. The van der Waals surface area contributed by atoms with Crippen LogP contribution in [-0.4, -0.2) is 21.7 Å². The Labute approximate surface area is 164 Å². The molecule has 3 rings (SSSR count). The SMILES string of the molecule is Cn1c(C(=O)NCc2ccccc2C(F)(F)F)cc2ccc(/C(C=N)=C/N)nc21. The predicted molar refractivity (Wildman–Crippen MR) is 104 cm³/mol. The highest BCUT2D eigenvalue weighted by atomic mass is 19.4. The number of aromatic nitrogens is 2. The molecule has 2 heterocycles. The first-order valence-electron chi connectivity index (χ1n) is 8.58. The van der Waals surface area contributed by atoms with E-state index in [2.05, 4.69) is 10.3 Å². The molecule has 0 unspecified atom stereocenters. The van der Waals surface area contributed by atoms with Crippen LogP contribution < -0.4 is 11.1 Å². The lowest BCUT2D eigenvalue weighted by Gasteiger charge is -2.13. The van der Waals surface area contributed by atoms with Crippen molar-refractivity contribution in [3.05, 3.63) is 71.2 Å². The van der Waals surface area contributed by atoms with Crippen molar-refractivity contribution >= 4 is 28.7 Å². The molecule has 0 radical (unpaired) electrons. The molecule has 150 valence electrons. The zero-order valence-corrected chi connectivity index (χ0v) is 15.4. The molecule has 0 spiro atoms. The fraction of sp³-hybridized carbons (Fsp3) is 0.150. The number of aryl methyl sites for hydroxylation is 1. The second-order valence-corrected chi connectivity index (χ2v) is 6.30. The van der Waals surface area contributed by atoms with E-state index < -0.39 is 17.6 Å². The molecule has 2 aromatic heterocycles. The van der Waals surface area contributed by atoms with Crippen molar-refractivity contribution in [3.8, 4) is 0 Å². The second kappa shape index (κ2) is 7.78. The summed E-state index contributed by atoms with van der Waals surface area (Å²) in [5, 5.41) is 10.6. The monoisotopic (exact) mass is 401 g/mol. The van der Waals surface area contributed by atoms with Crippen molar-refractivity contribution in [2.45, 2.75) is 12.7 Å². The fourth-order valence-corrected chi connectivity index (χ4v) is 3.00. The van der Waals surface area contributed by atoms with E-state index in [9.17, 15) is 18.0 Å². The molecule has 9 heteroatoms. The first-order valence-corrected chi connectivity index (χ1v) is 8.58. The Kier molecular flexibility index (Phi) is 5.40. The zero-order valence-electron chi connectivity index (χ0n) is 15.4. The van der Waals surface area contributed by atoms with Gasteiger partial charge in [0, 0.05) is 37.0 Å². The van der Waals surface area contributed by atoms with Gasteiger partial charge in [-0.15, -0.1) is 0 Å². The van der Waals surface area contributed by atoms with E-state index >= 15 is 0 Å². The summed E-state index contributed by atoms with van der Waals surface area (Å²) in [6.07, 6.45) is -2.16. The standard InChI is InChI=1S/C20H18F3N5O/c1-28-17(8-12-6-7-16(27-18(12)28)14(9-24)10-25)19(29)26-11-13-4-2-3-5-15(13)20(21,22)23/h2-10,24H,11,25H2,1H3,(H,26,29)/b14-10+,24-9?. The molecule has 0 saturated heterocycles. The molecular formula is C20H18F3N5O. The van der Waals surface area contributed by atoms with Crippen LogP contribution in [0.5, 0.6) is 0 Å². The van der Waals surface area contributed by atoms with Gasteiger partial charge < -0.3 is 21.0 Å². The van der Waals surface area contributed by atoms with E-state index in [4.69, 9.17) is 11.1 Å². The number of rotatable bonds is 5. The van der Waals surface area contributed by atoms with Crippen molar-refractivity contribution in [2.24, 2.45) is 12.8 Å². The van der Waals surface area contributed by atoms with Crippen LogP contribution in [0.15, 0.2) is 48.7 Å². The van der Waals surface area contributed by atoms with Crippen LogP contribution in [0, 0.1) is 5.41 Å². The van der Waals surface area contributed by atoms with Gasteiger partial charge in [0.25, 0.3) is 5.91 Å². The van der Waals surface area contributed by atoms with Crippen LogP contribution in [0.3, 0.4) is 0 Å². The average molecular weight is 401 g/mol. The number of carbonyl (C=O) groups excluding carboxylic acids is 1. The quantitative estimate of drug-likeness (QED) is 0.571. The maximum Gasteiger partial charge on any atom is 0.416 e. The van der Waals surface area contributed by atoms with E-state index in [0.717, 1.165) is 12.3 Å². The first kappa shape index (κ1) is 20.1. The van der Waals surface area contributed by atoms with Gasteiger partial charge in [-0.25, -0.2) is 4.98 Å². The third kappa shape index (κ3) is 3.98. The molecule has 0 aliphatic heterocycles. The predicted octanol–water partition coefficient (Wildman–Crippen LogP) is 3.47. The number of hydrogen-bond donors (Lipinski definition) is 3. The van der Waals surface area contributed by atoms with Gasteiger partial charge in [0.15, 0.2) is 0 Å². The maximum atomic E-state index is 13.1. The van der Waals surface area contributed by atoms with E-state index in [1.54, 1.807) is 29.8 Å². The minimum absolute atomic E-state index is 0.0174. The highest BCUT2D eigenvalue weighted by molar-refractivity contribution is 6.08. The third-order valence-corrected chi connectivity index (χ3v) is 4.50. The topological polar surface area (TPSA) is 96.8 Å². The van der Waals surface area contributed by atoms with Gasteiger partial charge in [-0.1, -0.05) is 18.2 Å². The van der Waals surface area contributed by atoms with Crippen molar-refractivity contribution in [1.82, 2.24) is 14.9 Å². The van der Waals surface area contributed by atoms with Crippen molar-refractivity contribution in [2.75, 3.05) is 0 Å². The van der Waals surface area contributed by atoms with Gasteiger partial charge >= 0.3 is 6.18 Å². The zero-order chi connectivity index (χ0) is 21.2. The molecular weight excluding hydrogens is 383 g/mol. The summed E-state index contributed by atoms with van der Waals surface area (Å²) in [5.74, 6) is -0.523. The first-order chi connectivity index (χ1) is 13.8. The minimum Gasteiger partial charge on any atom is -0.404 e. The molecule has 29 heavy (non-hydrogen) atoms. The van der Waals surface area contributed by atoms with Gasteiger partial charge in [-0.3, -0.25) is 4.79 Å². The molecule has 1 aromatic carbocycles. The molecule has 0 bridgehead atoms. The lowest BCUT2D eigenvalue weighted by atomic mass is 10.1. The Morgan fingerprint density at radius 3 is 2.66 bits per heavy atom. The highest BCUT2D eigenvalue weighted by Crippen LogP contribution is 2.31. The molecule has 0 aliphatic carbocycles. The number of nitrogens with zero attached hydrogens (tertiary/aromatic N) is 2. The van der Waals surface area contributed by atoms with Crippen molar-refractivity contribution in [1.29, 1.82) is 5.41 Å². The highest BCUT2D eigenvalue weighted by Gasteiger charge is 2.32. The van der Waals surface area contributed by atoms with E-state index in [-0.39, 0.29) is 17.8 Å². The summed E-state index contributed by atoms with van der Waals surface area (Å²) in [4.78, 5) is 17.0. The van der Waals surface area contributed by atoms with Gasteiger partial charge in [0.2, 0.25) is 0 Å². The molecule has 0 atom stereocenters. The number of carbonyl (C=O) groups is 1. The largest absolute Gasteiger partial charge is 0.416 e. The molecule has 0 saturated carbocycles. The van der Waals surface area contributed by atoms with Crippen LogP contribution in [-0.2, 0) is 19.8 Å². The van der Waals surface area contributed by atoms with E-state index in [1.165, 1.54) is 24.4 Å². The molecule has 1 amide bonds. The average Bonchev–Trinajstić information content (AvgIpc) is 3.03. The molecule has 6 nitrogen and oxygen atoms in total. The van der Waals surface area contributed by atoms with Gasteiger partial charge in [-0.05, 0) is 29.8 Å². The Hall–Kier alpha value is -3.62. The summed E-state index contributed by atoms with van der Waals surface area (Å²) < 4.78 is 40.9. The number of allylic oxidation sites excluding steroid dienone is 1. The lowest BCUT2D eigenvalue weighted by molar-refractivity contribution is -0.138. The number of hydrogen-bond acceptors (Lipinski definition) is 4. The van der Waals surface area contributed by atoms with Crippen LogP contribution in [0.25, 0.3) is 16.6 Å². The lowest BCUT2D eigenvalue weighted by Crippen LogP contribution is -2.26. The van der Waals surface area contributed by atoms with Crippen molar-refractivity contribution < 1.29 is 18.0 Å². The number of alkyl halides is 3. The molecule has 4 N–H and O–H groups in total.